The Morgan fingerprint density at radius 3 is 3.00 bits per heavy atom. The average Bonchev–Trinajstić information content (AvgIpc) is 2.99. The second-order valence-corrected chi connectivity index (χ2v) is 5.93. The molecule has 0 aliphatic heterocycles. The van der Waals surface area contributed by atoms with Crippen molar-refractivity contribution in [3.63, 3.8) is 0 Å². The van der Waals surface area contributed by atoms with Gasteiger partial charge in [0.2, 0.25) is 0 Å². The summed E-state index contributed by atoms with van der Waals surface area (Å²) >= 11 is 1.81. The molecule has 1 N–H and O–H groups in total. The first-order chi connectivity index (χ1) is 8.34. The van der Waals surface area contributed by atoms with Gasteiger partial charge in [-0.2, -0.15) is 0 Å². The topological polar surface area (TPSA) is 21.3 Å². The molecule has 1 heterocycles. The van der Waals surface area contributed by atoms with Crippen molar-refractivity contribution in [1.29, 1.82) is 0 Å². The van der Waals surface area contributed by atoms with Crippen LogP contribution < -0.4 is 5.32 Å². The van der Waals surface area contributed by atoms with E-state index in [0.717, 1.165) is 25.6 Å². The first kappa shape index (κ1) is 13.1. The highest BCUT2D eigenvalue weighted by atomic mass is 32.1. The van der Waals surface area contributed by atoms with Crippen LogP contribution in [0.15, 0.2) is 17.5 Å². The predicted molar refractivity (Wildman–Crippen MR) is 73.7 cm³/mol. The van der Waals surface area contributed by atoms with Crippen molar-refractivity contribution < 1.29 is 4.74 Å². The molecular weight excluding hydrogens is 230 g/mol. The van der Waals surface area contributed by atoms with Gasteiger partial charge in [0.05, 0.1) is 12.7 Å². The first-order valence-electron chi connectivity index (χ1n) is 6.72. The molecule has 1 aromatic heterocycles. The summed E-state index contributed by atoms with van der Waals surface area (Å²) in [5.74, 6) is 0. The molecule has 1 saturated carbocycles. The van der Waals surface area contributed by atoms with Crippen LogP contribution in [0.5, 0.6) is 0 Å². The maximum Gasteiger partial charge on any atom is 0.0671 e. The van der Waals surface area contributed by atoms with Crippen molar-refractivity contribution in [1.82, 2.24) is 5.32 Å². The molecule has 0 bridgehead atoms. The molecule has 17 heavy (non-hydrogen) atoms. The summed E-state index contributed by atoms with van der Waals surface area (Å²) in [4.78, 5) is 1.42. The van der Waals surface area contributed by atoms with Crippen molar-refractivity contribution in [2.24, 2.45) is 0 Å². The van der Waals surface area contributed by atoms with E-state index in [1.54, 1.807) is 0 Å². The zero-order valence-electron chi connectivity index (χ0n) is 10.7. The molecule has 0 aromatic carbocycles. The summed E-state index contributed by atoms with van der Waals surface area (Å²) in [6, 6.07) is 5.03. The van der Waals surface area contributed by atoms with Crippen molar-refractivity contribution in [3.05, 3.63) is 22.4 Å². The summed E-state index contributed by atoms with van der Waals surface area (Å²) in [6.07, 6.45) is 6.86. The Bertz CT molecular complexity index is 293. The van der Waals surface area contributed by atoms with Crippen LogP contribution in [-0.2, 0) is 11.2 Å². The zero-order valence-corrected chi connectivity index (χ0v) is 11.5. The molecule has 2 rings (SSSR count). The van der Waals surface area contributed by atoms with E-state index < -0.39 is 0 Å². The second-order valence-electron chi connectivity index (χ2n) is 4.90. The van der Waals surface area contributed by atoms with Gasteiger partial charge >= 0.3 is 0 Å². The molecule has 1 aromatic rings. The van der Waals surface area contributed by atoms with Gasteiger partial charge in [0.25, 0.3) is 0 Å². The van der Waals surface area contributed by atoms with E-state index in [1.165, 1.54) is 30.6 Å². The van der Waals surface area contributed by atoms with E-state index in [9.17, 15) is 0 Å². The van der Waals surface area contributed by atoms with Crippen LogP contribution in [0.2, 0.25) is 0 Å². The highest BCUT2D eigenvalue weighted by Crippen LogP contribution is 2.17. The molecule has 0 radical (unpaired) electrons. The minimum absolute atomic E-state index is 0.329. The number of thiophene rings is 1. The molecule has 3 heteroatoms. The zero-order chi connectivity index (χ0) is 11.9. The quantitative estimate of drug-likeness (QED) is 0.805. The molecule has 0 spiro atoms. The van der Waals surface area contributed by atoms with E-state index >= 15 is 0 Å². The molecule has 1 fully saturated rings. The summed E-state index contributed by atoms with van der Waals surface area (Å²) in [7, 11) is 0. The van der Waals surface area contributed by atoms with Crippen LogP contribution in [0.1, 0.15) is 37.5 Å². The Labute approximate surface area is 108 Å². The van der Waals surface area contributed by atoms with Gasteiger partial charge in [-0.1, -0.05) is 18.9 Å². The Hall–Kier alpha value is -0.380. The normalized spacial score (nSPS) is 18.6. The third-order valence-corrected chi connectivity index (χ3v) is 4.32. The lowest BCUT2D eigenvalue weighted by molar-refractivity contribution is 0.0666. The van der Waals surface area contributed by atoms with E-state index in [1.807, 2.05) is 11.3 Å². The van der Waals surface area contributed by atoms with E-state index in [4.69, 9.17) is 4.74 Å². The number of hydrogen-bond donors (Lipinski definition) is 1. The number of ether oxygens (including phenoxy) is 1. The summed E-state index contributed by atoms with van der Waals surface area (Å²) in [5.41, 5.74) is 0. The van der Waals surface area contributed by atoms with E-state index in [2.05, 4.69) is 29.8 Å². The SMILES string of the molecule is CC(CNC1CCCC1)OCCc1cccs1. The lowest BCUT2D eigenvalue weighted by Crippen LogP contribution is -2.34. The third kappa shape index (κ3) is 4.78. The van der Waals surface area contributed by atoms with Crippen molar-refractivity contribution in [2.75, 3.05) is 13.2 Å². The Morgan fingerprint density at radius 2 is 2.29 bits per heavy atom. The maximum atomic E-state index is 5.82. The van der Waals surface area contributed by atoms with Crippen molar-refractivity contribution in [3.8, 4) is 0 Å². The fraction of sp³-hybridized carbons (Fsp3) is 0.714. The van der Waals surface area contributed by atoms with Crippen LogP contribution in [0.3, 0.4) is 0 Å². The number of hydrogen-bond acceptors (Lipinski definition) is 3. The third-order valence-electron chi connectivity index (χ3n) is 3.38. The van der Waals surface area contributed by atoms with Gasteiger partial charge < -0.3 is 10.1 Å². The molecule has 0 saturated heterocycles. The summed E-state index contributed by atoms with van der Waals surface area (Å²) in [6.45, 7) is 4.00. The minimum Gasteiger partial charge on any atom is -0.377 e. The Balaban J connectivity index is 1.52. The Morgan fingerprint density at radius 1 is 1.47 bits per heavy atom. The Kier molecular flexibility index (Phi) is 5.49. The lowest BCUT2D eigenvalue weighted by atomic mass is 10.2. The van der Waals surface area contributed by atoms with Gasteiger partial charge in [0.1, 0.15) is 0 Å². The van der Waals surface area contributed by atoms with Gasteiger partial charge in [0.15, 0.2) is 0 Å². The van der Waals surface area contributed by atoms with E-state index in [-0.39, 0.29) is 0 Å². The lowest BCUT2D eigenvalue weighted by Gasteiger charge is -2.17. The molecule has 1 atom stereocenters. The molecule has 0 amide bonds. The highest BCUT2D eigenvalue weighted by Gasteiger charge is 2.14. The van der Waals surface area contributed by atoms with Crippen LogP contribution in [0, 0.1) is 0 Å². The van der Waals surface area contributed by atoms with Crippen molar-refractivity contribution in [2.45, 2.75) is 51.2 Å². The fourth-order valence-electron chi connectivity index (χ4n) is 2.34. The second kappa shape index (κ2) is 7.14. The molecular formula is C14H23NOS. The maximum absolute atomic E-state index is 5.82. The summed E-state index contributed by atoms with van der Waals surface area (Å²) in [5, 5.41) is 5.73. The molecule has 96 valence electrons. The highest BCUT2D eigenvalue weighted by molar-refractivity contribution is 7.09. The van der Waals surface area contributed by atoms with Gasteiger partial charge in [-0.3, -0.25) is 0 Å². The van der Waals surface area contributed by atoms with Crippen LogP contribution >= 0.6 is 11.3 Å². The molecule has 1 aliphatic rings. The fourth-order valence-corrected chi connectivity index (χ4v) is 3.03. The van der Waals surface area contributed by atoms with Gasteiger partial charge in [-0.15, -0.1) is 11.3 Å². The molecule has 1 unspecified atom stereocenters. The average molecular weight is 253 g/mol. The summed E-state index contributed by atoms with van der Waals surface area (Å²) < 4.78 is 5.82. The van der Waals surface area contributed by atoms with Gasteiger partial charge in [-0.05, 0) is 31.2 Å². The predicted octanol–water partition coefficient (Wildman–Crippen LogP) is 3.23. The van der Waals surface area contributed by atoms with Gasteiger partial charge in [0, 0.05) is 23.9 Å². The van der Waals surface area contributed by atoms with Crippen LogP contribution in [0.25, 0.3) is 0 Å². The molecule has 2 nitrogen and oxygen atoms in total. The molecule has 1 aliphatic carbocycles. The minimum atomic E-state index is 0.329. The largest absolute Gasteiger partial charge is 0.377 e. The van der Waals surface area contributed by atoms with Crippen molar-refractivity contribution >= 4 is 11.3 Å². The standard InChI is InChI=1S/C14H23NOS/c1-12(11-15-13-5-2-3-6-13)16-9-8-14-7-4-10-17-14/h4,7,10,12-13,15H,2-3,5-6,8-9,11H2,1H3. The number of rotatable bonds is 7. The first-order valence-corrected chi connectivity index (χ1v) is 7.60. The number of nitrogens with one attached hydrogen (secondary N) is 1. The van der Waals surface area contributed by atoms with Gasteiger partial charge in [-0.25, -0.2) is 0 Å². The smallest absolute Gasteiger partial charge is 0.0671 e. The van der Waals surface area contributed by atoms with Crippen LogP contribution in [-0.4, -0.2) is 25.3 Å². The van der Waals surface area contributed by atoms with E-state index in [0.29, 0.717) is 6.10 Å². The van der Waals surface area contributed by atoms with Crippen LogP contribution in [0.4, 0.5) is 0 Å². The monoisotopic (exact) mass is 253 g/mol.